The maximum Gasteiger partial charge on any atom is 0.334 e. The molecule has 3 atom stereocenters. The lowest BCUT2D eigenvalue weighted by atomic mass is 9.85. The van der Waals surface area contributed by atoms with E-state index in [-0.39, 0.29) is 18.8 Å². The van der Waals surface area contributed by atoms with Crippen LogP contribution in [0.1, 0.15) is 33.1 Å². The van der Waals surface area contributed by atoms with Gasteiger partial charge in [-0.15, -0.1) is 0 Å². The number of hydrogen-bond acceptors (Lipinski definition) is 6. The molecule has 0 spiro atoms. The van der Waals surface area contributed by atoms with E-state index >= 15 is 0 Å². The van der Waals surface area contributed by atoms with Crippen molar-refractivity contribution >= 4 is 11.9 Å². The highest BCUT2D eigenvalue weighted by molar-refractivity contribution is 5.92. The van der Waals surface area contributed by atoms with Crippen LogP contribution >= 0.6 is 0 Å². The van der Waals surface area contributed by atoms with E-state index in [1.807, 2.05) is 13.0 Å². The van der Waals surface area contributed by atoms with Crippen molar-refractivity contribution in [2.75, 3.05) is 13.2 Å². The van der Waals surface area contributed by atoms with Crippen molar-refractivity contribution in [2.45, 2.75) is 45.3 Å². The van der Waals surface area contributed by atoms with Crippen LogP contribution in [0.5, 0.6) is 0 Å². The van der Waals surface area contributed by atoms with Crippen molar-refractivity contribution in [3.63, 3.8) is 0 Å². The molecule has 2 aliphatic rings. The van der Waals surface area contributed by atoms with E-state index in [1.54, 1.807) is 13.0 Å². The number of carbonyl (C=O) groups excluding carboxylic acids is 2. The lowest BCUT2D eigenvalue weighted by molar-refractivity contribution is -0.147. The van der Waals surface area contributed by atoms with E-state index < -0.39 is 30.1 Å². The maximum absolute atomic E-state index is 12.3. The van der Waals surface area contributed by atoms with Crippen LogP contribution in [0.2, 0.25) is 0 Å². The molecule has 1 fully saturated rings. The van der Waals surface area contributed by atoms with Gasteiger partial charge < -0.3 is 19.7 Å². The average Bonchev–Trinajstić information content (AvgIpc) is 2.87. The molecule has 0 aromatic rings. The Morgan fingerprint density at radius 1 is 1.46 bits per heavy atom. The monoisotopic (exact) mass is 362 g/mol. The van der Waals surface area contributed by atoms with Gasteiger partial charge >= 0.3 is 11.9 Å². The normalized spacial score (nSPS) is 31.2. The third-order valence-corrected chi connectivity index (χ3v) is 4.72. The molecule has 0 aromatic carbocycles. The van der Waals surface area contributed by atoms with Gasteiger partial charge in [0.15, 0.2) is 0 Å². The van der Waals surface area contributed by atoms with Crippen molar-refractivity contribution in [3.8, 4) is 0 Å². The summed E-state index contributed by atoms with van der Waals surface area (Å²) in [5, 5.41) is 18.5. The summed E-state index contributed by atoms with van der Waals surface area (Å²) in [4.78, 5) is 24.4. The summed E-state index contributed by atoms with van der Waals surface area (Å²) in [7, 11) is 0. The van der Waals surface area contributed by atoms with Crippen LogP contribution in [0, 0.1) is 5.92 Å². The summed E-state index contributed by atoms with van der Waals surface area (Å²) >= 11 is 0. The smallest absolute Gasteiger partial charge is 0.334 e. The van der Waals surface area contributed by atoms with Crippen molar-refractivity contribution in [1.82, 2.24) is 0 Å². The minimum atomic E-state index is -0.626. The van der Waals surface area contributed by atoms with Crippen LogP contribution in [-0.2, 0) is 19.1 Å². The van der Waals surface area contributed by atoms with Crippen molar-refractivity contribution in [3.05, 3.63) is 47.1 Å². The van der Waals surface area contributed by atoms with E-state index in [0.29, 0.717) is 18.4 Å². The number of hydrogen-bond donors (Lipinski definition) is 2. The molecule has 6 nitrogen and oxygen atoms in total. The van der Waals surface area contributed by atoms with Gasteiger partial charge in [-0.2, -0.15) is 0 Å². The second kappa shape index (κ2) is 8.96. The highest BCUT2D eigenvalue weighted by Gasteiger charge is 2.44. The predicted molar refractivity (Wildman–Crippen MR) is 96.0 cm³/mol. The Hall–Kier alpha value is -2.18. The Morgan fingerprint density at radius 3 is 2.85 bits per heavy atom. The first-order valence-electron chi connectivity index (χ1n) is 8.71. The Balaban J connectivity index is 2.38. The molecule has 142 valence electrons. The first-order valence-corrected chi connectivity index (χ1v) is 8.71. The van der Waals surface area contributed by atoms with E-state index in [9.17, 15) is 14.7 Å². The van der Waals surface area contributed by atoms with Gasteiger partial charge in [-0.3, -0.25) is 0 Å². The molecule has 0 unspecified atom stereocenters. The second-order valence-corrected chi connectivity index (χ2v) is 6.71. The zero-order valence-corrected chi connectivity index (χ0v) is 15.2. The molecule has 1 aliphatic heterocycles. The predicted octanol–water partition coefficient (Wildman–Crippen LogP) is 1.98. The number of allylic oxidation sites excluding steroid dienone is 1. The molecule has 1 heterocycles. The highest BCUT2D eigenvalue weighted by atomic mass is 16.6. The Labute approximate surface area is 153 Å². The Kier molecular flexibility index (Phi) is 6.94. The SMILES string of the molecule is C=C1C(=O)O[C@@H]2/C=C(\CO)CC/C=C(\C)C[C@H](OC(=O)/C(C)=C/CO)[C@H]12. The standard InChI is InChI=1S/C20H26O6/c1-12-5-4-6-15(11-22)10-17-18(14(3)20(24)26-17)16(9-12)25-19(23)13(2)7-8-21/h5,7,10,16-18,21-22H,3-4,6,8-9,11H2,1-2H3/b12-5+,13-7+,15-10-/t16-,17+,18-/m0/s1. The van der Waals surface area contributed by atoms with Crippen molar-refractivity contribution < 1.29 is 29.3 Å². The van der Waals surface area contributed by atoms with Crippen LogP contribution in [0.25, 0.3) is 0 Å². The first-order chi connectivity index (χ1) is 12.4. The molecule has 2 rings (SSSR count). The number of aliphatic hydroxyl groups excluding tert-OH is 2. The number of esters is 2. The molecular weight excluding hydrogens is 336 g/mol. The lowest BCUT2D eigenvalue weighted by Gasteiger charge is -2.27. The van der Waals surface area contributed by atoms with Crippen molar-refractivity contribution in [1.29, 1.82) is 0 Å². The van der Waals surface area contributed by atoms with E-state index in [4.69, 9.17) is 14.6 Å². The summed E-state index contributed by atoms with van der Waals surface area (Å²) in [6, 6.07) is 0. The molecular formula is C20H26O6. The molecule has 0 aromatic heterocycles. The average molecular weight is 362 g/mol. The third kappa shape index (κ3) is 4.71. The molecule has 1 saturated heterocycles. The fourth-order valence-corrected chi connectivity index (χ4v) is 3.23. The summed E-state index contributed by atoms with van der Waals surface area (Å²) in [6.45, 7) is 6.95. The van der Waals surface area contributed by atoms with E-state index in [0.717, 1.165) is 17.6 Å². The topological polar surface area (TPSA) is 93.1 Å². The first kappa shape index (κ1) is 20.1. The van der Waals surface area contributed by atoms with E-state index in [2.05, 4.69) is 6.58 Å². The molecule has 26 heavy (non-hydrogen) atoms. The fourth-order valence-electron chi connectivity index (χ4n) is 3.23. The van der Waals surface area contributed by atoms with Crippen LogP contribution < -0.4 is 0 Å². The quantitative estimate of drug-likeness (QED) is 0.451. The summed E-state index contributed by atoms with van der Waals surface area (Å²) < 4.78 is 11.1. The minimum absolute atomic E-state index is 0.122. The lowest BCUT2D eigenvalue weighted by Crippen LogP contribution is -2.33. The number of fused-ring (bicyclic) bond motifs is 1. The number of ether oxygens (including phenoxy) is 2. The molecule has 6 heteroatoms. The van der Waals surface area contributed by atoms with Gasteiger partial charge in [-0.05, 0) is 44.4 Å². The summed E-state index contributed by atoms with van der Waals surface area (Å²) in [5.41, 5.74) is 2.36. The van der Waals surface area contributed by atoms with Gasteiger partial charge in [0.2, 0.25) is 0 Å². The highest BCUT2D eigenvalue weighted by Crippen LogP contribution is 2.36. The van der Waals surface area contributed by atoms with Crippen molar-refractivity contribution in [2.24, 2.45) is 5.92 Å². The molecule has 2 N–H and O–H groups in total. The van der Waals surface area contributed by atoms with Crippen LogP contribution in [0.3, 0.4) is 0 Å². The molecule has 1 aliphatic carbocycles. The minimum Gasteiger partial charge on any atom is -0.458 e. The van der Waals surface area contributed by atoms with Crippen LogP contribution in [-0.4, -0.2) is 47.6 Å². The molecule has 0 saturated carbocycles. The van der Waals surface area contributed by atoms with Crippen LogP contribution in [0.15, 0.2) is 47.1 Å². The zero-order valence-electron chi connectivity index (χ0n) is 15.2. The number of aliphatic hydroxyl groups is 2. The Morgan fingerprint density at radius 2 is 2.19 bits per heavy atom. The van der Waals surface area contributed by atoms with Gasteiger partial charge in [-0.1, -0.05) is 18.2 Å². The van der Waals surface area contributed by atoms with Crippen LogP contribution in [0.4, 0.5) is 0 Å². The number of carbonyl (C=O) groups is 2. The Bertz CT molecular complexity index is 670. The summed E-state index contributed by atoms with van der Waals surface area (Å²) in [6.07, 6.45) is 5.78. The summed E-state index contributed by atoms with van der Waals surface area (Å²) in [5.74, 6) is -1.58. The fraction of sp³-hybridized carbons (Fsp3) is 0.500. The van der Waals surface area contributed by atoms with E-state index in [1.165, 1.54) is 6.08 Å². The molecule has 0 amide bonds. The van der Waals surface area contributed by atoms with Gasteiger partial charge in [0.25, 0.3) is 0 Å². The van der Waals surface area contributed by atoms with Gasteiger partial charge in [0, 0.05) is 17.6 Å². The third-order valence-electron chi connectivity index (χ3n) is 4.72. The number of rotatable bonds is 4. The van der Waals surface area contributed by atoms with Gasteiger partial charge in [-0.25, -0.2) is 9.59 Å². The zero-order chi connectivity index (χ0) is 19.3. The van der Waals surface area contributed by atoms with Gasteiger partial charge in [0.05, 0.1) is 19.1 Å². The second-order valence-electron chi connectivity index (χ2n) is 6.71. The van der Waals surface area contributed by atoms with Gasteiger partial charge in [0.1, 0.15) is 12.2 Å². The maximum atomic E-state index is 12.3. The molecule has 0 bridgehead atoms. The molecule has 0 radical (unpaired) electrons. The largest absolute Gasteiger partial charge is 0.458 e.